The summed E-state index contributed by atoms with van der Waals surface area (Å²) in [6, 6.07) is 11.6. The van der Waals surface area contributed by atoms with E-state index < -0.39 is 0 Å². The lowest BCUT2D eigenvalue weighted by Gasteiger charge is -2.18. The van der Waals surface area contributed by atoms with Gasteiger partial charge in [-0.05, 0) is 29.7 Å². The largest absolute Gasteiger partial charge is 0.326 e. The van der Waals surface area contributed by atoms with Gasteiger partial charge in [0.05, 0.1) is 12.1 Å². The number of aliphatic imine (C=N–C) groups is 1. The first kappa shape index (κ1) is 24.8. The number of aromatic nitrogens is 3. The minimum absolute atomic E-state index is 0.0656. The molecule has 0 aliphatic rings. The van der Waals surface area contributed by atoms with Crippen molar-refractivity contribution in [2.24, 2.45) is 4.99 Å². The minimum atomic E-state index is -0.0766. The van der Waals surface area contributed by atoms with Crippen LogP contribution in [0, 0.1) is 0 Å². The smallest absolute Gasteiger partial charge is 0.228 e. The Hall–Kier alpha value is -3.87. The van der Waals surface area contributed by atoms with Crippen LogP contribution in [0.25, 0.3) is 11.1 Å². The first-order valence-electron chi connectivity index (χ1n) is 11.4. The summed E-state index contributed by atoms with van der Waals surface area (Å²) in [5.74, 6) is 0.450. The van der Waals surface area contributed by atoms with Crippen LogP contribution in [0.2, 0.25) is 0 Å². The second-order valence-corrected chi connectivity index (χ2v) is 8.98. The maximum Gasteiger partial charge on any atom is 0.228 e. The van der Waals surface area contributed by atoms with Crippen LogP contribution in [0.4, 0.5) is 11.6 Å². The molecule has 176 valence electrons. The summed E-state index contributed by atoms with van der Waals surface area (Å²) in [4.78, 5) is 29.8. The van der Waals surface area contributed by atoms with Gasteiger partial charge in [0.15, 0.2) is 0 Å². The van der Waals surface area contributed by atoms with Crippen molar-refractivity contribution in [1.29, 1.82) is 0 Å². The number of carbonyl (C=O) groups excluding carboxylic acids is 1. The van der Waals surface area contributed by atoms with Crippen LogP contribution < -0.4 is 10.6 Å². The van der Waals surface area contributed by atoms with E-state index in [4.69, 9.17) is 0 Å². The van der Waals surface area contributed by atoms with Crippen molar-refractivity contribution < 1.29 is 4.79 Å². The highest BCUT2D eigenvalue weighted by Gasteiger charge is 2.16. The number of amides is 1. The van der Waals surface area contributed by atoms with Gasteiger partial charge in [0, 0.05) is 54.2 Å². The zero-order valence-electron chi connectivity index (χ0n) is 20.5. The Bertz CT molecular complexity index is 1160. The van der Waals surface area contributed by atoms with Gasteiger partial charge in [0.25, 0.3) is 0 Å². The Morgan fingerprint density at radius 2 is 1.71 bits per heavy atom. The molecule has 0 aliphatic heterocycles. The fourth-order valence-corrected chi connectivity index (χ4v) is 3.29. The molecule has 3 aromatic rings. The number of carbonyl (C=O) groups is 1. The van der Waals surface area contributed by atoms with Crippen molar-refractivity contribution in [1.82, 2.24) is 15.0 Å². The molecule has 0 saturated carbocycles. The summed E-state index contributed by atoms with van der Waals surface area (Å²) in [5.41, 5.74) is 5.30. The molecule has 7 heteroatoms. The van der Waals surface area contributed by atoms with Crippen molar-refractivity contribution in [2.45, 2.75) is 46.0 Å². The van der Waals surface area contributed by atoms with Gasteiger partial charge in [-0.15, -0.1) is 0 Å². The predicted molar refractivity (Wildman–Crippen MR) is 139 cm³/mol. The summed E-state index contributed by atoms with van der Waals surface area (Å²) in [6.07, 6.45) is 10.2. The number of benzene rings is 1. The second-order valence-electron chi connectivity index (χ2n) is 8.98. The second kappa shape index (κ2) is 11.3. The van der Waals surface area contributed by atoms with Gasteiger partial charge >= 0.3 is 0 Å². The highest BCUT2D eigenvalue weighted by Crippen LogP contribution is 2.23. The zero-order chi connectivity index (χ0) is 24.6. The quantitative estimate of drug-likeness (QED) is 0.441. The number of pyridine rings is 1. The molecule has 0 unspecified atom stereocenters. The summed E-state index contributed by atoms with van der Waals surface area (Å²) in [5, 5.41) is 6.13. The van der Waals surface area contributed by atoms with E-state index in [1.54, 1.807) is 31.9 Å². The molecule has 1 aromatic carbocycles. The molecule has 0 bridgehead atoms. The molecule has 0 radical (unpaired) electrons. The maximum absolute atomic E-state index is 12.5. The summed E-state index contributed by atoms with van der Waals surface area (Å²) in [6.45, 7) is 8.35. The molecule has 1 amide bonds. The van der Waals surface area contributed by atoms with Crippen molar-refractivity contribution in [3.63, 3.8) is 0 Å². The van der Waals surface area contributed by atoms with Crippen LogP contribution >= 0.6 is 0 Å². The molecular formula is C27H32N6O. The molecule has 0 fully saturated rings. The summed E-state index contributed by atoms with van der Waals surface area (Å²) >= 11 is 0. The SMILES string of the molecule is CC/C=C(\C=N/C)Nc1ncc(-c2ccc(CC(=O)Nc3ccnc(C(C)(C)C)c3)cc2)cn1. The molecular weight excluding hydrogens is 424 g/mol. The molecule has 7 nitrogen and oxygen atoms in total. The van der Waals surface area contributed by atoms with E-state index in [0.717, 1.165) is 40.2 Å². The number of nitrogens with one attached hydrogen (secondary N) is 2. The number of allylic oxidation sites excluding steroid dienone is 2. The van der Waals surface area contributed by atoms with Crippen molar-refractivity contribution in [3.8, 4) is 11.1 Å². The zero-order valence-corrected chi connectivity index (χ0v) is 20.5. The van der Waals surface area contributed by atoms with Gasteiger partial charge in [0.2, 0.25) is 11.9 Å². The number of anilines is 2. The third-order valence-electron chi connectivity index (χ3n) is 5.06. The van der Waals surface area contributed by atoms with E-state index in [1.165, 1.54) is 0 Å². The first-order valence-corrected chi connectivity index (χ1v) is 11.4. The van der Waals surface area contributed by atoms with Crippen LogP contribution in [0.15, 0.2) is 71.8 Å². The van der Waals surface area contributed by atoms with Crippen LogP contribution in [0.3, 0.4) is 0 Å². The lowest BCUT2D eigenvalue weighted by molar-refractivity contribution is -0.115. The van der Waals surface area contributed by atoms with Gasteiger partial charge in [-0.3, -0.25) is 14.8 Å². The Kier molecular flexibility index (Phi) is 8.24. The Labute approximate surface area is 201 Å². The van der Waals surface area contributed by atoms with E-state index in [1.807, 2.05) is 42.5 Å². The molecule has 3 rings (SSSR count). The van der Waals surface area contributed by atoms with Crippen molar-refractivity contribution in [2.75, 3.05) is 17.7 Å². The lowest BCUT2D eigenvalue weighted by Crippen LogP contribution is -2.17. The van der Waals surface area contributed by atoms with Gasteiger partial charge in [-0.1, -0.05) is 58.0 Å². The van der Waals surface area contributed by atoms with Gasteiger partial charge in [-0.25, -0.2) is 9.97 Å². The van der Waals surface area contributed by atoms with Crippen LogP contribution in [-0.4, -0.2) is 34.1 Å². The molecule has 2 N–H and O–H groups in total. The predicted octanol–water partition coefficient (Wildman–Crippen LogP) is 5.42. The highest BCUT2D eigenvalue weighted by molar-refractivity contribution is 5.92. The molecule has 0 atom stereocenters. The minimum Gasteiger partial charge on any atom is -0.326 e. The fourth-order valence-electron chi connectivity index (χ4n) is 3.29. The Morgan fingerprint density at radius 1 is 1.00 bits per heavy atom. The average Bonchev–Trinajstić information content (AvgIpc) is 2.80. The molecule has 0 saturated heterocycles. The monoisotopic (exact) mass is 456 g/mol. The van der Waals surface area contributed by atoms with E-state index in [9.17, 15) is 4.79 Å². The molecule has 2 heterocycles. The highest BCUT2D eigenvalue weighted by atomic mass is 16.1. The topological polar surface area (TPSA) is 92.2 Å². The van der Waals surface area contributed by atoms with Crippen LogP contribution in [-0.2, 0) is 16.6 Å². The van der Waals surface area contributed by atoms with Gasteiger partial charge < -0.3 is 10.6 Å². The molecule has 2 aromatic heterocycles. The van der Waals surface area contributed by atoms with Crippen LogP contribution in [0.5, 0.6) is 0 Å². The standard InChI is InChI=1S/C27H32N6O/c1-6-7-23(18-28-5)33-26-30-16-21(17-31-26)20-10-8-19(9-11-20)14-25(34)32-22-12-13-29-24(15-22)27(2,3)4/h7-13,15-18H,6,14H2,1-5H3,(H,29,32,34)(H,30,31,33)/b23-7+,28-18-. The third-order valence-corrected chi connectivity index (χ3v) is 5.06. The lowest BCUT2D eigenvalue weighted by atomic mass is 9.91. The van der Waals surface area contributed by atoms with E-state index in [2.05, 4.69) is 58.3 Å². The Balaban J connectivity index is 1.62. The van der Waals surface area contributed by atoms with E-state index in [-0.39, 0.29) is 11.3 Å². The van der Waals surface area contributed by atoms with Crippen LogP contribution in [0.1, 0.15) is 45.4 Å². The number of hydrogen-bond acceptors (Lipinski definition) is 6. The maximum atomic E-state index is 12.5. The summed E-state index contributed by atoms with van der Waals surface area (Å²) in [7, 11) is 1.73. The van der Waals surface area contributed by atoms with Gasteiger partial charge in [-0.2, -0.15) is 0 Å². The van der Waals surface area contributed by atoms with Crippen molar-refractivity contribution in [3.05, 3.63) is 78.0 Å². The van der Waals surface area contributed by atoms with Gasteiger partial charge in [0.1, 0.15) is 0 Å². The normalized spacial score (nSPS) is 12.1. The number of rotatable bonds is 8. The molecule has 34 heavy (non-hydrogen) atoms. The average molecular weight is 457 g/mol. The third kappa shape index (κ3) is 7.07. The molecule has 0 aliphatic carbocycles. The fraction of sp³-hybridized carbons (Fsp3) is 0.296. The molecule has 0 spiro atoms. The summed E-state index contributed by atoms with van der Waals surface area (Å²) < 4.78 is 0. The van der Waals surface area contributed by atoms with E-state index in [0.29, 0.717) is 12.4 Å². The number of nitrogens with zero attached hydrogens (tertiary/aromatic N) is 4. The number of hydrogen-bond donors (Lipinski definition) is 2. The Morgan fingerprint density at radius 3 is 2.32 bits per heavy atom. The van der Waals surface area contributed by atoms with E-state index >= 15 is 0 Å². The first-order chi connectivity index (χ1) is 16.3. The van der Waals surface area contributed by atoms with Crippen molar-refractivity contribution >= 4 is 23.8 Å².